The van der Waals surface area contributed by atoms with Crippen LogP contribution in [0.4, 0.5) is 0 Å². The van der Waals surface area contributed by atoms with Crippen LogP contribution in [0.1, 0.15) is 11.1 Å². The molecule has 0 unspecified atom stereocenters. The second kappa shape index (κ2) is 7.44. The van der Waals surface area contributed by atoms with Gasteiger partial charge in [0.2, 0.25) is 0 Å². The van der Waals surface area contributed by atoms with Gasteiger partial charge in [-0.15, -0.1) is 0 Å². The van der Waals surface area contributed by atoms with E-state index < -0.39 is 0 Å². The summed E-state index contributed by atoms with van der Waals surface area (Å²) in [7, 11) is 0. The zero-order valence-electron chi connectivity index (χ0n) is 13.1. The van der Waals surface area contributed by atoms with E-state index in [1.807, 2.05) is 54.7 Å². The molecule has 0 radical (unpaired) electrons. The maximum absolute atomic E-state index is 9.52. The van der Waals surface area contributed by atoms with Crippen molar-refractivity contribution in [2.75, 3.05) is 0 Å². The quantitative estimate of drug-likeness (QED) is 0.757. The van der Waals surface area contributed by atoms with Crippen LogP contribution in [-0.2, 0) is 19.8 Å². The lowest BCUT2D eigenvalue weighted by atomic mass is 10.1. The van der Waals surface area contributed by atoms with E-state index in [4.69, 9.17) is 10.00 Å². The fraction of sp³-hybridized carbons (Fsp3) is 0.158. The largest absolute Gasteiger partial charge is 0.489 e. The molecule has 0 amide bonds. The highest BCUT2D eigenvalue weighted by atomic mass is 16.5. The number of hydrogen-bond donors (Lipinski definition) is 1. The molecule has 1 heterocycles. The predicted octanol–water partition coefficient (Wildman–Crippen LogP) is 3.14. The number of nitriles is 1. The first-order valence-corrected chi connectivity index (χ1v) is 7.60. The van der Waals surface area contributed by atoms with Gasteiger partial charge in [-0.1, -0.05) is 42.5 Å². The molecule has 0 bridgehead atoms. The smallest absolute Gasteiger partial charge is 0.128 e. The molecule has 0 spiro atoms. The van der Waals surface area contributed by atoms with Gasteiger partial charge in [-0.3, -0.25) is 4.68 Å². The molecule has 0 aliphatic carbocycles. The molecule has 0 fully saturated rings. The van der Waals surface area contributed by atoms with E-state index in [0.29, 0.717) is 12.4 Å². The summed E-state index contributed by atoms with van der Waals surface area (Å²) in [5.74, 6) is 0.645. The molecule has 24 heavy (non-hydrogen) atoms. The number of ether oxygens (including phenoxy) is 1. The van der Waals surface area contributed by atoms with Crippen molar-refractivity contribution in [3.8, 4) is 22.9 Å². The molecular formula is C19H17N3O2. The summed E-state index contributed by atoms with van der Waals surface area (Å²) in [6.07, 6.45) is 3.53. The molecule has 0 saturated carbocycles. The van der Waals surface area contributed by atoms with Crippen molar-refractivity contribution in [1.82, 2.24) is 9.78 Å². The van der Waals surface area contributed by atoms with Crippen molar-refractivity contribution in [2.24, 2.45) is 0 Å². The van der Waals surface area contributed by atoms with Crippen LogP contribution in [-0.4, -0.2) is 14.9 Å². The van der Waals surface area contributed by atoms with Crippen molar-refractivity contribution >= 4 is 0 Å². The maximum atomic E-state index is 9.52. The molecule has 0 atom stereocenters. The van der Waals surface area contributed by atoms with Crippen molar-refractivity contribution < 1.29 is 9.84 Å². The highest BCUT2D eigenvalue weighted by Gasteiger charge is 2.08. The molecule has 3 rings (SSSR count). The molecule has 2 aromatic carbocycles. The van der Waals surface area contributed by atoms with Crippen LogP contribution in [0.25, 0.3) is 11.1 Å². The normalized spacial score (nSPS) is 10.3. The Morgan fingerprint density at radius 3 is 2.71 bits per heavy atom. The van der Waals surface area contributed by atoms with Crippen LogP contribution in [0.5, 0.6) is 5.75 Å². The summed E-state index contributed by atoms with van der Waals surface area (Å²) >= 11 is 0. The SMILES string of the molecule is N#CCn1cc(-c2ccc(CO)c(OCc3ccccc3)c2)cn1. The standard InChI is InChI=1S/C19H17N3O2/c20-8-9-22-12-18(11-21-22)16-6-7-17(13-23)19(10-16)24-14-15-4-2-1-3-5-15/h1-7,10-12,23H,9,13-14H2. The molecule has 120 valence electrons. The summed E-state index contributed by atoms with van der Waals surface area (Å²) in [6, 6.07) is 17.6. The Balaban J connectivity index is 1.83. The van der Waals surface area contributed by atoms with Crippen LogP contribution in [0.15, 0.2) is 60.9 Å². The predicted molar refractivity (Wildman–Crippen MR) is 90.0 cm³/mol. The first-order valence-electron chi connectivity index (χ1n) is 7.60. The van der Waals surface area contributed by atoms with Gasteiger partial charge in [0.15, 0.2) is 0 Å². The Hall–Kier alpha value is -3.10. The summed E-state index contributed by atoms with van der Waals surface area (Å²) < 4.78 is 7.47. The Morgan fingerprint density at radius 2 is 1.96 bits per heavy atom. The topological polar surface area (TPSA) is 71.1 Å². The lowest BCUT2D eigenvalue weighted by Gasteiger charge is -2.12. The van der Waals surface area contributed by atoms with Crippen LogP contribution in [0.2, 0.25) is 0 Å². The average molecular weight is 319 g/mol. The molecule has 0 aliphatic rings. The van der Waals surface area contributed by atoms with E-state index in [2.05, 4.69) is 11.2 Å². The van der Waals surface area contributed by atoms with Crippen LogP contribution in [0.3, 0.4) is 0 Å². The minimum absolute atomic E-state index is 0.0852. The number of aliphatic hydroxyl groups is 1. The van der Waals surface area contributed by atoms with Gasteiger partial charge in [-0.05, 0) is 17.2 Å². The lowest BCUT2D eigenvalue weighted by Crippen LogP contribution is -1.99. The Kier molecular flexibility index (Phi) is 4.90. The van der Waals surface area contributed by atoms with E-state index in [1.165, 1.54) is 0 Å². The van der Waals surface area contributed by atoms with Gasteiger partial charge in [0.25, 0.3) is 0 Å². The van der Waals surface area contributed by atoms with E-state index >= 15 is 0 Å². The highest BCUT2D eigenvalue weighted by Crippen LogP contribution is 2.28. The summed E-state index contributed by atoms with van der Waals surface area (Å²) in [6.45, 7) is 0.565. The van der Waals surface area contributed by atoms with Crippen LogP contribution >= 0.6 is 0 Å². The van der Waals surface area contributed by atoms with Gasteiger partial charge in [0, 0.05) is 17.3 Å². The average Bonchev–Trinajstić information content (AvgIpc) is 3.09. The minimum atomic E-state index is -0.0852. The number of nitrogens with zero attached hydrogens (tertiary/aromatic N) is 3. The van der Waals surface area contributed by atoms with Crippen molar-refractivity contribution in [2.45, 2.75) is 19.8 Å². The van der Waals surface area contributed by atoms with Gasteiger partial charge in [-0.25, -0.2) is 0 Å². The van der Waals surface area contributed by atoms with E-state index in [9.17, 15) is 5.11 Å². The molecule has 1 aromatic heterocycles. The Morgan fingerprint density at radius 1 is 1.12 bits per heavy atom. The number of rotatable bonds is 6. The van der Waals surface area contributed by atoms with Crippen LogP contribution < -0.4 is 4.74 Å². The summed E-state index contributed by atoms with van der Waals surface area (Å²) in [4.78, 5) is 0. The summed E-state index contributed by atoms with van der Waals surface area (Å²) in [5, 5.41) is 22.4. The van der Waals surface area contributed by atoms with E-state index in [1.54, 1.807) is 10.9 Å². The molecule has 0 aliphatic heterocycles. The first kappa shape index (κ1) is 15.8. The number of aliphatic hydroxyl groups excluding tert-OH is 1. The van der Waals surface area contributed by atoms with Gasteiger partial charge in [-0.2, -0.15) is 10.4 Å². The molecular weight excluding hydrogens is 302 g/mol. The van der Waals surface area contributed by atoms with Gasteiger partial charge in [0.1, 0.15) is 18.9 Å². The number of benzene rings is 2. The number of hydrogen-bond acceptors (Lipinski definition) is 4. The maximum Gasteiger partial charge on any atom is 0.128 e. The third-order valence-electron chi connectivity index (χ3n) is 3.67. The monoisotopic (exact) mass is 319 g/mol. The van der Waals surface area contributed by atoms with E-state index in [-0.39, 0.29) is 13.2 Å². The van der Waals surface area contributed by atoms with Gasteiger partial charge in [0.05, 0.1) is 18.9 Å². The van der Waals surface area contributed by atoms with Gasteiger partial charge >= 0.3 is 0 Å². The Bertz CT molecular complexity index is 851. The zero-order chi connectivity index (χ0) is 16.8. The molecule has 3 aromatic rings. The van der Waals surface area contributed by atoms with E-state index in [0.717, 1.165) is 22.3 Å². The van der Waals surface area contributed by atoms with Crippen LogP contribution in [0, 0.1) is 11.3 Å². The van der Waals surface area contributed by atoms with Crippen molar-refractivity contribution in [3.63, 3.8) is 0 Å². The highest BCUT2D eigenvalue weighted by molar-refractivity contribution is 5.64. The molecule has 1 N–H and O–H groups in total. The lowest BCUT2D eigenvalue weighted by molar-refractivity contribution is 0.259. The Labute approximate surface area is 140 Å². The molecule has 5 nitrogen and oxygen atoms in total. The zero-order valence-corrected chi connectivity index (χ0v) is 13.1. The molecule has 0 saturated heterocycles. The summed E-state index contributed by atoms with van der Waals surface area (Å²) in [5.41, 5.74) is 3.63. The second-order valence-corrected chi connectivity index (χ2v) is 5.34. The fourth-order valence-electron chi connectivity index (χ4n) is 2.41. The number of aromatic nitrogens is 2. The van der Waals surface area contributed by atoms with Gasteiger partial charge < -0.3 is 9.84 Å². The second-order valence-electron chi connectivity index (χ2n) is 5.34. The molecule has 5 heteroatoms. The third-order valence-corrected chi connectivity index (χ3v) is 3.67. The van der Waals surface area contributed by atoms with Crippen molar-refractivity contribution in [1.29, 1.82) is 5.26 Å². The fourth-order valence-corrected chi connectivity index (χ4v) is 2.41. The van der Waals surface area contributed by atoms with Crippen molar-refractivity contribution in [3.05, 3.63) is 72.1 Å². The third kappa shape index (κ3) is 3.62. The minimum Gasteiger partial charge on any atom is -0.489 e. The first-order chi connectivity index (χ1) is 11.8.